The van der Waals surface area contributed by atoms with Crippen molar-refractivity contribution in [3.63, 3.8) is 0 Å². The minimum atomic E-state index is -0.0596. The number of hydrogen-bond donors (Lipinski definition) is 1. The van der Waals surface area contributed by atoms with Gasteiger partial charge in [0.15, 0.2) is 0 Å². The molecule has 0 aliphatic carbocycles. The Balaban J connectivity index is 1.36. The van der Waals surface area contributed by atoms with Gasteiger partial charge in [0, 0.05) is 24.6 Å². The molecular weight excluding hydrogens is 368 g/mol. The van der Waals surface area contributed by atoms with E-state index in [1.165, 1.54) is 5.56 Å². The third kappa shape index (κ3) is 4.23. The van der Waals surface area contributed by atoms with Crippen molar-refractivity contribution in [1.82, 2.24) is 10.2 Å². The number of carbonyl (C=O) groups is 1. The zero-order valence-electron chi connectivity index (χ0n) is 16.6. The highest BCUT2D eigenvalue weighted by Crippen LogP contribution is 2.28. The van der Waals surface area contributed by atoms with Gasteiger partial charge in [0.1, 0.15) is 5.75 Å². The molecule has 0 atom stereocenters. The Bertz CT molecular complexity index is 976. The van der Waals surface area contributed by atoms with Gasteiger partial charge in [-0.05, 0) is 44.0 Å². The summed E-state index contributed by atoms with van der Waals surface area (Å²) < 4.78 is 11.2. The number of rotatable bonds is 5. The normalized spacial score (nSPS) is 14.6. The van der Waals surface area contributed by atoms with Gasteiger partial charge in [-0.1, -0.05) is 34.9 Å². The smallest absolute Gasteiger partial charge is 0.318 e. The summed E-state index contributed by atoms with van der Waals surface area (Å²) in [6, 6.07) is 15.9. The van der Waals surface area contributed by atoms with Crippen molar-refractivity contribution < 1.29 is 13.9 Å². The van der Waals surface area contributed by atoms with Gasteiger partial charge in [-0.25, -0.2) is 0 Å². The number of anilines is 2. The molecule has 0 spiro atoms. The van der Waals surface area contributed by atoms with E-state index >= 15 is 0 Å². The number of nitrogens with zero attached hydrogens (tertiary/aromatic N) is 3. The molecule has 2 heterocycles. The van der Waals surface area contributed by atoms with E-state index < -0.39 is 0 Å². The van der Waals surface area contributed by atoms with Crippen LogP contribution in [0.2, 0.25) is 0 Å². The Kier molecular flexibility index (Phi) is 5.46. The fourth-order valence-corrected chi connectivity index (χ4v) is 3.47. The maximum Gasteiger partial charge on any atom is 0.318 e. The van der Waals surface area contributed by atoms with Crippen LogP contribution >= 0.6 is 0 Å². The van der Waals surface area contributed by atoms with Crippen LogP contribution in [0.25, 0.3) is 11.5 Å². The molecule has 2 aromatic carbocycles. The average Bonchev–Trinajstić information content (AvgIpc) is 3.25. The van der Waals surface area contributed by atoms with Crippen LogP contribution in [0.4, 0.5) is 11.7 Å². The lowest BCUT2D eigenvalue weighted by Gasteiger charge is -2.29. The minimum absolute atomic E-state index is 0.0139. The quantitative estimate of drug-likeness (QED) is 0.709. The maximum absolute atomic E-state index is 12.7. The Hall–Kier alpha value is -3.35. The number of methoxy groups -OCH3 is 1. The minimum Gasteiger partial charge on any atom is -0.495 e. The van der Waals surface area contributed by atoms with Crippen molar-refractivity contribution in [2.75, 3.05) is 30.4 Å². The van der Waals surface area contributed by atoms with Gasteiger partial charge >= 0.3 is 6.01 Å². The number of benzene rings is 2. The summed E-state index contributed by atoms with van der Waals surface area (Å²) in [5, 5.41) is 11.3. The highest BCUT2D eigenvalue weighted by Gasteiger charge is 2.28. The predicted octanol–water partition coefficient (Wildman–Crippen LogP) is 3.91. The Morgan fingerprint density at radius 2 is 1.83 bits per heavy atom. The largest absolute Gasteiger partial charge is 0.495 e. The van der Waals surface area contributed by atoms with Crippen LogP contribution in [0.3, 0.4) is 0 Å². The number of carbonyl (C=O) groups excluding carboxylic acids is 1. The lowest BCUT2D eigenvalue weighted by atomic mass is 9.96. The summed E-state index contributed by atoms with van der Waals surface area (Å²) in [7, 11) is 1.60. The topological polar surface area (TPSA) is 80.5 Å². The number of hydrogen-bond acceptors (Lipinski definition) is 6. The standard InChI is InChI=1S/C22H24N4O3/c1-15-7-9-17(10-8-15)21-24-25-22(29-21)26-13-11-16(12-14-26)20(27)23-18-5-3-4-6-19(18)28-2/h3-10,16H,11-14H2,1-2H3,(H,23,27). The summed E-state index contributed by atoms with van der Waals surface area (Å²) in [5.74, 6) is 1.12. The fraction of sp³-hybridized carbons (Fsp3) is 0.318. The number of piperidine rings is 1. The molecule has 4 rings (SSSR count). The van der Waals surface area contributed by atoms with Crippen molar-refractivity contribution >= 4 is 17.6 Å². The van der Waals surface area contributed by atoms with Crippen LogP contribution in [-0.2, 0) is 4.79 Å². The molecule has 1 amide bonds. The van der Waals surface area contributed by atoms with Gasteiger partial charge < -0.3 is 19.4 Å². The summed E-state index contributed by atoms with van der Waals surface area (Å²) >= 11 is 0. The highest BCUT2D eigenvalue weighted by atomic mass is 16.5. The van der Waals surface area contributed by atoms with Crippen LogP contribution in [0.15, 0.2) is 52.9 Å². The molecule has 0 bridgehead atoms. The van der Waals surface area contributed by atoms with E-state index in [2.05, 4.69) is 15.5 Å². The van der Waals surface area contributed by atoms with Gasteiger partial charge in [0.05, 0.1) is 12.8 Å². The molecule has 0 unspecified atom stereocenters. The monoisotopic (exact) mass is 392 g/mol. The Morgan fingerprint density at radius 1 is 1.10 bits per heavy atom. The first-order chi connectivity index (χ1) is 14.1. The van der Waals surface area contributed by atoms with Gasteiger partial charge in [-0.15, -0.1) is 5.10 Å². The lowest BCUT2D eigenvalue weighted by molar-refractivity contribution is -0.120. The third-order valence-corrected chi connectivity index (χ3v) is 5.21. The van der Waals surface area contributed by atoms with Gasteiger partial charge in [0.2, 0.25) is 11.8 Å². The first-order valence-electron chi connectivity index (χ1n) is 9.73. The van der Waals surface area contributed by atoms with Crippen molar-refractivity contribution in [1.29, 1.82) is 0 Å². The first-order valence-corrected chi connectivity index (χ1v) is 9.73. The second-order valence-electron chi connectivity index (χ2n) is 7.21. The number of aromatic nitrogens is 2. The summed E-state index contributed by atoms with van der Waals surface area (Å²) in [6.45, 7) is 3.43. The van der Waals surface area contributed by atoms with E-state index in [1.807, 2.05) is 60.4 Å². The van der Waals surface area contributed by atoms with Gasteiger partial charge in [-0.3, -0.25) is 4.79 Å². The molecule has 1 aromatic heterocycles. The number of nitrogens with one attached hydrogen (secondary N) is 1. The first kappa shape index (κ1) is 19.0. The Morgan fingerprint density at radius 3 is 2.55 bits per heavy atom. The van der Waals surface area contributed by atoms with E-state index in [4.69, 9.17) is 9.15 Å². The lowest BCUT2D eigenvalue weighted by Crippen LogP contribution is -2.38. The maximum atomic E-state index is 12.7. The zero-order valence-corrected chi connectivity index (χ0v) is 16.6. The van der Waals surface area contributed by atoms with Gasteiger partial charge in [-0.2, -0.15) is 0 Å². The van der Waals surface area contributed by atoms with E-state index in [0.29, 0.717) is 36.4 Å². The fourth-order valence-electron chi connectivity index (χ4n) is 3.47. The molecule has 7 nitrogen and oxygen atoms in total. The molecule has 1 fully saturated rings. The SMILES string of the molecule is COc1ccccc1NC(=O)C1CCN(c2nnc(-c3ccc(C)cc3)o2)CC1. The van der Waals surface area contributed by atoms with Crippen molar-refractivity contribution in [3.05, 3.63) is 54.1 Å². The third-order valence-electron chi connectivity index (χ3n) is 5.21. The van der Waals surface area contributed by atoms with Gasteiger partial charge in [0.25, 0.3) is 0 Å². The van der Waals surface area contributed by atoms with E-state index in [0.717, 1.165) is 18.4 Å². The number of para-hydroxylation sites is 2. The van der Waals surface area contributed by atoms with Crippen LogP contribution in [-0.4, -0.2) is 36.3 Å². The number of ether oxygens (including phenoxy) is 1. The summed E-state index contributed by atoms with van der Waals surface area (Å²) in [4.78, 5) is 14.7. The molecule has 150 valence electrons. The van der Waals surface area contributed by atoms with E-state index in [1.54, 1.807) is 7.11 Å². The molecule has 0 radical (unpaired) electrons. The molecule has 1 aliphatic heterocycles. The molecule has 29 heavy (non-hydrogen) atoms. The predicted molar refractivity (Wildman–Crippen MR) is 111 cm³/mol. The number of amides is 1. The van der Waals surface area contributed by atoms with Crippen LogP contribution in [0.5, 0.6) is 5.75 Å². The van der Waals surface area contributed by atoms with Crippen molar-refractivity contribution in [3.8, 4) is 17.2 Å². The highest BCUT2D eigenvalue weighted by molar-refractivity contribution is 5.94. The molecular formula is C22H24N4O3. The average molecular weight is 392 g/mol. The molecule has 1 saturated heterocycles. The van der Waals surface area contributed by atoms with Crippen molar-refractivity contribution in [2.45, 2.75) is 19.8 Å². The molecule has 1 aliphatic rings. The van der Waals surface area contributed by atoms with Crippen molar-refractivity contribution in [2.24, 2.45) is 5.92 Å². The Labute approximate surface area is 169 Å². The second-order valence-corrected chi connectivity index (χ2v) is 7.21. The zero-order chi connectivity index (χ0) is 20.2. The molecule has 0 saturated carbocycles. The van der Waals surface area contributed by atoms with Crippen LogP contribution < -0.4 is 15.0 Å². The molecule has 3 aromatic rings. The number of aryl methyl sites for hydroxylation is 1. The second kappa shape index (κ2) is 8.34. The van der Waals surface area contributed by atoms with E-state index in [-0.39, 0.29) is 11.8 Å². The van der Waals surface area contributed by atoms with E-state index in [9.17, 15) is 4.79 Å². The summed E-state index contributed by atoms with van der Waals surface area (Å²) in [6.07, 6.45) is 1.45. The summed E-state index contributed by atoms with van der Waals surface area (Å²) in [5.41, 5.74) is 2.78. The van der Waals surface area contributed by atoms with Crippen LogP contribution in [0, 0.1) is 12.8 Å². The van der Waals surface area contributed by atoms with Crippen LogP contribution in [0.1, 0.15) is 18.4 Å². The molecule has 7 heteroatoms. The molecule has 1 N–H and O–H groups in total.